The molecule has 0 radical (unpaired) electrons. The number of nitrogens with zero attached hydrogens (tertiary/aromatic N) is 1. The minimum absolute atomic E-state index is 0.113. The number of hydrogen-bond donors (Lipinski definition) is 0. The van der Waals surface area contributed by atoms with Crippen LogP contribution in [0, 0.1) is 13.8 Å². The number of esters is 1. The van der Waals surface area contributed by atoms with Crippen molar-refractivity contribution in [1.82, 2.24) is 0 Å². The van der Waals surface area contributed by atoms with Gasteiger partial charge in [0.1, 0.15) is 6.21 Å². The lowest BCUT2D eigenvalue weighted by molar-refractivity contribution is -0.138. The van der Waals surface area contributed by atoms with Gasteiger partial charge in [-0.2, -0.15) is 0 Å². The standard InChI is InChI=1S/C13H17NO2/c1-9(2)16-13(15)8-14-12-6-10(3)5-11(4)7-12/h5-9H,1-4H3. The average molecular weight is 219 g/mol. The van der Waals surface area contributed by atoms with Crippen LogP contribution in [0.25, 0.3) is 0 Å². The van der Waals surface area contributed by atoms with Crippen LogP contribution in [0.4, 0.5) is 5.69 Å². The molecule has 0 atom stereocenters. The zero-order chi connectivity index (χ0) is 12.1. The number of aliphatic imine (C=N–C) groups is 1. The molecule has 1 aromatic carbocycles. The van der Waals surface area contributed by atoms with Crippen LogP contribution < -0.4 is 0 Å². The van der Waals surface area contributed by atoms with Crippen molar-refractivity contribution in [1.29, 1.82) is 0 Å². The van der Waals surface area contributed by atoms with E-state index in [0.29, 0.717) is 0 Å². The Morgan fingerprint density at radius 1 is 1.25 bits per heavy atom. The topological polar surface area (TPSA) is 38.7 Å². The highest BCUT2D eigenvalue weighted by Crippen LogP contribution is 2.16. The van der Waals surface area contributed by atoms with Gasteiger partial charge >= 0.3 is 5.97 Å². The minimum Gasteiger partial charge on any atom is -0.459 e. The van der Waals surface area contributed by atoms with E-state index in [2.05, 4.69) is 11.1 Å². The zero-order valence-corrected chi connectivity index (χ0v) is 10.2. The van der Waals surface area contributed by atoms with Gasteiger partial charge in [-0.05, 0) is 51.0 Å². The van der Waals surface area contributed by atoms with Gasteiger partial charge in [-0.25, -0.2) is 9.79 Å². The molecule has 0 heterocycles. The number of carbonyl (C=O) groups is 1. The van der Waals surface area contributed by atoms with E-state index in [1.54, 1.807) is 0 Å². The van der Waals surface area contributed by atoms with Crippen molar-refractivity contribution in [2.24, 2.45) is 4.99 Å². The fourth-order valence-electron chi connectivity index (χ4n) is 1.42. The first-order valence-electron chi connectivity index (χ1n) is 5.30. The van der Waals surface area contributed by atoms with Crippen LogP contribution in [-0.4, -0.2) is 18.3 Å². The summed E-state index contributed by atoms with van der Waals surface area (Å²) in [6.45, 7) is 7.61. The first-order chi connectivity index (χ1) is 7.47. The van der Waals surface area contributed by atoms with Gasteiger partial charge in [-0.1, -0.05) is 6.07 Å². The molecule has 0 saturated heterocycles. The molecule has 0 aliphatic carbocycles. The minimum atomic E-state index is -0.408. The highest BCUT2D eigenvalue weighted by molar-refractivity contribution is 6.23. The van der Waals surface area contributed by atoms with Gasteiger partial charge in [0.15, 0.2) is 0 Å². The Bertz CT molecular complexity index is 388. The number of ether oxygens (including phenoxy) is 1. The highest BCUT2D eigenvalue weighted by atomic mass is 16.5. The molecule has 86 valence electrons. The van der Waals surface area contributed by atoms with Crippen LogP contribution in [0.3, 0.4) is 0 Å². The first-order valence-corrected chi connectivity index (χ1v) is 5.30. The number of benzene rings is 1. The van der Waals surface area contributed by atoms with E-state index in [-0.39, 0.29) is 6.10 Å². The zero-order valence-electron chi connectivity index (χ0n) is 10.2. The molecule has 0 spiro atoms. The molecule has 3 nitrogen and oxygen atoms in total. The van der Waals surface area contributed by atoms with Crippen LogP contribution in [0.5, 0.6) is 0 Å². The maximum atomic E-state index is 11.2. The van der Waals surface area contributed by atoms with Crippen LogP contribution in [0.1, 0.15) is 25.0 Å². The summed E-state index contributed by atoms with van der Waals surface area (Å²) >= 11 is 0. The van der Waals surface area contributed by atoms with E-state index in [0.717, 1.165) is 16.8 Å². The Balaban J connectivity index is 2.72. The fraction of sp³-hybridized carbons (Fsp3) is 0.385. The Morgan fingerprint density at radius 3 is 2.31 bits per heavy atom. The predicted octanol–water partition coefficient (Wildman–Crippen LogP) is 2.96. The van der Waals surface area contributed by atoms with Crippen molar-refractivity contribution in [2.45, 2.75) is 33.8 Å². The van der Waals surface area contributed by atoms with Gasteiger partial charge in [0.25, 0.3) is 0 Å². The maximum absolute atomic E-state index is 11.2. The van der Waals surface area contributed by atoms with Gasteiger partial charge in [0.05, 0.1) is 11.8 Å². The third-order valence-corrected chi connectivity index (χ3v) is 1.88. The van der Waals surface area contributed by atoms with Crippen molar-refractivity contribution in [3.05, 3.63) is 29.3 Å². The summed E-state index contributed by atoms with van der Waals surface area (Å²) < 4.78 is 4.94. The Morgan fingerprint density at radius 2 is 1.81 bits per heavy atom. The van der Waals surface area contributed by atoms with E-state index >= 15 is 0 Å². The molecule has 0 bridgehead atoms. The first kappa shape index (κ1) is 12.4. The second-order valence-corrected chi connectivity index (χ2v) is 4.09. The van der Waals surface area contributed by atoms with E-state index < -0.39 is 5.97 Å². The molecular formula is C13H17NO2. The fourth-order valence-corrected chi connectivity index (χ4v) is 1.42. The summed E-state index contributed by atoms with van der Waals surface area (Å²) in [4.78, 5) is 15.3. The average Bonchev–Trinajstić information content (AvgIpc) is 2.12. The lowest BCUT2D eigenvalue weighted by Gasteiger charge is -2.03. The normalized spacial score (nSPS) is 11.1. The van der Waals surface area contributed by atoms with E-state index in [1.165, 1.54) is 6.21 Å². The number of rotatable bonds is 3. The molecular weight excluding hydrogens is 202 g/mol. The molecule has 1 aromatic rings. The second-order valence-electron chi connectivity index (χ2n) is 4.09. The SMILES string of the molecule is Cc1cc(C)cc(N=CC(=O)OC(C)C)c1. The molecule has 0 fully saturated rings. The van der Waals surface area contributed by atoms with Gasteiger partial charge in [0, 0.05) is 0 Å². The van der Waals surface area contributed by atoms with Crippen LogP contribution in [0.2, 0.25) is 0 Å². The molecule has 0 saturated carbocycles. The number of hydrogen-bond acceptors (Lipinski definition) is 3. The third kappa shape index (κ3) is 4.26. The summed E-state index contributed by atoms with van der Waals surface area (Å²) in [5.74, 6) is -0.408. The molecule has 0 aliphatic heterocycles. The highest BCUT2D eigenvalue weighted by Gasteiger charge is 2.01. The van der Waals surface area contributed by atoms with Crippen molar-refractivity contribution < 1.29 is 9.53 Å². The summed E-state index contributed by atoms with van der Waals surface area (Å²) in [5.41, 5.74) is 3.03. The van der Waals surface area contributed by atoms with E-state index in [9.17, 15) is 4.79 Å². The smallest absolute Gasteiger partial charge is 0.349 e. The largest absolute Gasteiger partial charge is 0.459 e. The quantitative estimate of drug-likeness (QED) is 0.579. The number of carbonyl (C=O) groups excluding carboxylic acids is 1. The lowest BCUT2D eigenvalue weighted by atomic mass is 10.1. The van der Waals surface area contributed by atoms with Crippen LogP contribution >= 0.6 is 0 Å². The van der Waals surface area contributed by atoms with Crippen molar-refractivity contribution in [3.63, 3.8) is 0 Å². The van der Waals surface area contributed by atoms with Crippen LogP contribution in [-0.2, 0) is 9.53 Å². The van der Waals surface area contributed by atoms with Crippen molar-refractivity contribution >= 4 is 17.9 Å². The molecule has 3 heteroatoms. The van der Waals surface area contributed by atoms with Gasteiger partial charge in [-0.3, -0.25) is 0 Å². The maximum Gasteiger partial charge on any atom is 0.349 e. The van der Waals surface area contributed by atoms with Crippen molar-refractivity contribution in [3.8, 4) is 0 Å². The summed E-state index contributed by atoms with van der Waals surface area (Å²) in [5, 5.41) is 0. The molecule has 1 rings (SSSR count). The Kier molecular flexibility index (Phi) is 4.23. The van der Waals surface area contributed by atoms with Crippen molar-refractivity contribution in [2.75, 3.05) is 0 Å². The van der Waals surface area contributed by atoms with Gasteiger partial charge in [0.2, 0.25) is 0 Å². The van der Waals surface area contributed by atoms with E-state index in [4.69, 9.17) is 4.74 Å². The predicted molar refractivity (Wildman–Crippen MR) is 65.3 cm³/mol. The van der Waals surface area contributed by atoms with E-state index in [1.807, 2.05) is 39.8 Å². The Labute approximate surface area is 96.2 Å². The molecule has 0 unspecified atom stereocenters. The molecule has 0 N–H and O–H groups in total. The summed E-state index contributed by atoms with van der Waals surface area (Å²) in [7, 11) is 0. The van der Waals surface area contributed by atoms with Gasteiger partial charge < -0.3 is 4.74 Å². The summed E-state index contributed by atoms with van der Waals surface area (Å²) in [6, 6.07) is 5.91. The molecule has 0 aliphatic rings. The monoisotopic (exact) mass is 219 g/mol. The summed E-state index contributed by atoms with van der Waals surface area (Å²) in [6.07, 6.45) is 1.10. The Hall–Kier alpha value is -1.64. The third-order valence-electron chi connectivity index (χ3n) is 1.88. The molecule has 0 aromatic heterocycles. The molecule has 0 amide bonds. The van der Waals surface area contributed by atoms with Gasteiger partial charge in [-0.15, -0.1) is 0 Å². The molecule has 16 heavy (non-hydrogen) atoms. The van der Waals surface area contributed by atoms with Crippen LogP contribution in [0.15, 0.2) is 23.2 Å². The second kappa shape index (κ2) is 5.45. The number of aryl methyl sites for hydroxylation is 2. The lowest BCUT2D eigenvalue weighted by Crippen LogP contribution is -2.11.